The molecule has 0 saturated carbocycles. The number of carbonyl (C=O) groups excluding carboxylic acids is 1. The van der Waals surface area contributed by atoms with Crippen molar-refractivity contribution in [1.29, 1.82) is 0 Å². The number of quaternary nitrogens is 1. The summed E-state index contributed by atoms with van der Waals surface area (Å²) in [5.41, 5.74) is 0.968. The molecule has 2 aromatic rings. The molecule has 1 aromatic carbocycles. The Labute approximate surface area is 345 Å². The number of non-ortho nitro benzene ring substituents is 1. The van der Waals surface area contributed by atoms with Crippen molar-refractivity contribution >= 4 is 46.5 Å². The van der Waals surface area contributed by atoms with Crippen molar-refractivity contribution in [3.63, 3.8) is 0 Å². The minimum atomic E-state index is -4.21. The Morgan fingerprint density at radius 1 is 0.930 bits per heavy atom. The first-order chi connectivity index (χ1) is 27.3. The molecule has 0 spiro atoms. The van der Waals surface area contributed by atoms with Gasteiger partial charge < -0.3 is 29.6 Å². The Morgan fingerprint density at radius 3 is 2.11 bits per heavy atom. The number of benzene rings is 1. The van der Waals surface area contributed by atoms with Crippen LogP contribution in [-0.4, -0.2) is 89.5 Å². The average Bonchev–Trinajstić information content (AvgIpc) is 3.63. The van der Waals surface area contributed by atoms with E-state index < -0.39 is 23.9 Å². The second-order valence-electron chi connectivity index (χ2n) is 16.3. The van der Waals surface area contributed by atoms with E-state index in [2.05, 4.69) is 32.5 Å². The smallest absolute Gasteiger partial charge is 0.302 e. The maximum atomic E-state index is 12.9. The van der Waals surface area contributed by atoms with Crippen molar-refractivity contribution < 1.29 is 37.9 Å². The van der Waals surface area contributed by atoms with E-state index in [0.29, 0.717) is 46.6 Å². The minimum Gasteiger partial charge on any atom is -0.770 e. The number of likely N-dealkylation sites (N-methyl/N-ethyl adjacent to an activating group) is 1. The van der Waals surface area contributed by atoms with E-state index in [1.54, 1.807) is 12.1 Å². The number of hydrogen-bond donors (Lipinski definition) is 3. The van der Waals surface area contributed by atoms with Crippen molar-refractivity contribution in [3.05, 3.63) is 34.4 Å². The SMILES string of the molecule is CCCCCCCCCCCCCCCC(=O)N[C@H](CSP(=O)([O-])OCC[N+](C)(C)C)[C@H](O)/C=C/CCCCCCCCCNc1cc([N+](=O)[O-])c2nonc2c1. The van der Waals surface area contributed by atoms with Crippen LogP contribution in [0.15, 0.2) is 28.9 Å². The van der Waals surface area contributed by atoms with Crippen molar-refractivity contribution in [2.24, 2.45) is 0 Å². The molecule has 0 aliphatic rings. The summed E-state index contributed by atoms with van der Waals surface area (Å²) in [5, 5.41) is 35.8. The first-order valence-corrected chi connectivity index (χ1v) is 24.6. The first-order valence-electron chi connectivity index (χ1n) is 21.5. The lowest BCUT2D eigenvalue weighted by atomic mass is 10.0. The Morgan fingerprint density at radius 2 is 1.51 bits per heavy atom. The lowest BCUT2D eigenvalue weighted by Crippen LogP contribution is -2.44. The maximum absolute atomic E-state index is 12.9. The van der Waals surface area contributed by atoms with Crippen LogP contribution in [0, 0.1) is 10.1 Å². The van der Waals surface area contributed by atoms with Gasteiger partial charge in [-0.1, -0.05) is 140 Å². The molecule has 0 radical (unpaired) electrons. The van der Waals surface area contributed by atoms with Gasteiger partial charge in [-0.25, -0.2) is 4.63 Å². The highest BCUT2D eigenvalue weighted by Crippen LogP contribution is 2.51. The molecule has 0 bridgehead atoms. The van der Waals surface area contributed by atoms with Gasteiger partial charge in [0, 0.05) is 30.5 Å². The number of hydrogen-bond acceptors (Lipinski definition) is 12. The van der Waals surface area contributed by atoms with Crippen LogP contribution in [-0.2, 0) is 13.9 Å². The fourth-order valence-corrected chi connectivity index (χ4v) is 8.91. The van der Waals surface area contributed by atoms with Crippen LogP contribution in [0.2, 0.25) is 0 Å². The molecule has 3 N–H and O–H groups in total. The molecule has 3 atom stereocenters. The van der Waals surface area contributed by atoms with Gasteiger partial charge in [-0.05, 0) is 42.1 Å². The Bertz CT molecular complexity index is 1470. The van der Waals surface area contributed by atoms with E-state index in [9.17, 15) is 29.5 Å². The number of fused-ring (bicyclic) bond motifs is 1. The van der Waals surface area contributed by atoms with E-state index in [4.69, 9.17) is 4.52 Å². The summed E-state index contributed by atoms with van der Waals surface area (Å²) in [7, 11) is 5.88. The molecular weight excluding hydrogens is 768 g/mol. The Hall–Kier alpha value is -2.55. The minimum absolute atomic E-state index is 0.00917. The average molecular weight is 841 g/mol. The number of aromatic nitrogens is 2. The van der Waals surface area contributed by atoms with E-state index in [1.165, 1.54) is 70.3 Å². The third kappa shape index (κ3) is 24.9. The molecule has 2 rings (SSSR count). The first kappa shape index (κ1) is 50.6. The standard InChI is InChI=1S/C41H73N6O8PS/c1-5-6-7-8-9-10-11-12-13-16-19-22-25-28-40(49)43-37(34-57-56(52,53)54-31-30-47(2,3)4)39(48)27-24-21-18-15-14-17-20-23-26-29-42-35-32-36-41(45-55-44-36)38(33-35)46(50)51/h24,27,32-33,37,39,48H,5-23,25-26,28-31,34H2,1-4H3,(H2-,42,43,44,49,52,53)/b27-24+/t37-,39-/m1/s1. The van der Waals surface area contributed by atoms with Gasteiger partial charge >= 0.3 is 5.69 Å². The molecule has 16 heteroatoms. The summed E-state index contributed by atoms with van der Waals surface area (Å²) in [6, 6.07) is 2.39. The number of allylic oxidation sites excluding steroid dienone is 1. The number of aliphatic hydroxyl groups excluding tert-OH is 1. The molecule has 326 valence electrons. The Kier molecular flexibility index (Phi) is 26.3. The number of rotatable bonds is 36. The van der Waals surface area contributed by atoms with Gasteiger partial charge in [0.2, 0.25) is 11.4 Å². The molecule has 1 aromatic heterocycles. The summed E-state index contributed by atoms with van der Waals surface area (Å²) in [6.45, 7) is -0.668. The third-order valence-corrected chi connectivity index (χ3v) is 13.0. The van der Waals surface area contributed by atoms with Gasteiger partial charge in [-0.2, -0.15) is 0 Å². The predicted octanol–water partition coefficient (Wildman–Crippen LogP) is 9.47. The van der Waals surface area contributed by atoms with Crippen LogP contribution in [0.25, 0.3) is 11.0 Å². The largest absolute Gasteiger partial charge is 0.770 e. The summed E-state index contributed by atoms with van der Waals surface area (Å²) >= 11 is 0.642. The lowest BCUT2D eigenvalue weighted by Gasteiger charge is -2.29. The highest BCUT2D eigenvalue weighted by atomic mass is 32.7. The number of carbonyl (C=O) groups is 1. The number of nitrogens with one attached hydrogen (secondary N) is 2. The van der Waals surface area contributed by atoms with Gasteiger partial charge in [0.15, 0.2) is 6.80 Å². The van der Waals surface area contributed by atoms with Crippen LogP contribution >= 0.6 is 18.2 Å². The molecule has 1 heterocycles. The molecule has 0 fully saturated rings. The van der Waals surface area contributed by atoms with Crippen molar-refractivity contribution in [3.8, 4) is 0 Å². The molecule has 0 saturated heterocycles. The van der Waals surface area contributed by atoms with Crippen LogP contribution in [0.3, 0.4) is 0 Å². The normalized spacial score (nSPS) is 14.2. The van der Waals surface area contributed by atoms with E-state index >= 15 is 0 Å². The number of anilines is 1. The van der Waals surface area contributed by atoms with Crippen LogP contribution in [0.5, 0.6) is 0 Å². The lowest BCUT2D eigenvalue weighted by molar-refractivity contribution is -0.870. The molecule has 0 aliphatic heterocycles. The van der Waals surface area contributed by atoms with Gasteiger partial charge in [0.05, 0.1) is 38.2 Å². The third-order valence-electron chi connectivity index (χ3n) is 9.94. The van der Waals surface area contributed by atoms with Crippen molar-refractivity contribution in [1.82, 2.24) is 15.6 Å². The zero-order valence-corrected chi connectivity index (χ0v) is 37.0. The molecular formula is C41H73N6O8PS. The topological polar surface area (TPSA) is 193 Å². The summed E-state index contributed by atoms with van der Waals surface area (Å²) < 4.78 is 23.1. The fourth-order valence-electron chi connectivity index (χ4n) is 6.43. The molecule has 1 unspecified atom stereocenters. The number of unbranched alkanes of at least 4 members (excludes halogenated alkanes) is 19. The highest BCUT2D eigenvalue weighted by Gasteiger charge is 2.23. The van der Waals surface area contributed by atoms with E-state index in [-0.39, 0.29) is 29.5 Å². The van der Waals surface area contributed by atoms with Crippen molar-refractivity contribution in [2.45, 2.75) is 160 Å². The van der Waals surface area contributed by atoms with Crippen LogP contribution < -0.4 is 15.5 Å². The predicted molar refractivity (Wildman–Crippen MR) is 230 cm³/mol. The zero-order chi connectivity index (χ0) is 41.8. The second-order valence-corrected chi connectivity index (χ2v) is 20.1. The highest BCUT2D eigenvalue weighted by molar-refractivity contribution is 8.54. The summed E-state index contributed by atoms with van der Waals surface area (Å²) in [6.07, 6.45) is 26.9. The monoisotopic (exact) mass is 840 g/mol. The van der Waals surface area contributed by atoms with Gasteiger partial charge in [-0.15, -0.1) is 0 Å². The molecule has 0 aliphatic carbocycles. The fraction of sp³-hybridized carbons (Fsp3) is 0.780. The number of nitro groups is 1. The second kappa shape index (κ2) is 29.6. The number of aliphatic hydroxyl groups is 1. The van der Waals surface area contributed by atoms with Crippen LogP contribution in [0.4, 0.5) is 11.4 Å². The summed E-state index contributed by atoms with van der Waals surface area (Å²) in [4.78, 5) is 36.4. The van der Waals surface area contributed by atoms with Gasteiger partial charge in [0.1, 0.15) is 18.7 Å². The zero-order valence-electron chi connectivity index (χ0n) is 35.3. The van der Waals surface area contributed by atoms with E-state index in [0.717, 1.165) is 70.6 Å². The van der Waals surface area contributed by atoms with Gasteiger partial charge in [0.25, 0.3) is 0 Å². The number of nitro benzene ring substituents is 1. The maximum Gasteiger partial charge on any atom is 0.302 e. The summed E-state index contributed by atoms with van der Waals surface area (Å²) in [5.74, 6) is -0.182. The van der Waals surface area contributed by atoms with E-state index in [1.807, 2.05) is 27.2 Å². The number of nitrogens with zero attached hydrogens (tertiary/aromatic N) is 4. The Balaban J connectivity index is 1.66. The molecule has 1 amide bonds. The number of amides is 1. The molecule has 57 heavy (non-hydrogen) atoms. The van der Waals surface area contributed by atoms with Crippen molar-refractivity contribution in [2.75, 3.05) is 51.9 Å². The molecule has 14 nitrogen and oxygen atoms in total. The van der Waals surface area contributed by atoms with Gasteiger partial charge in [-0.3, -0.25) is 19.5 Å². The quantitative estimate of drug-likeness (QED) is 0.0147. The van der Waals surface area contributed by atoms with Crippen LogP contribution in [0.1, 0.15) is 148 Å².